The summed E-state index contributed by atoms with van der Waals surface area (Å²) >= 11 is 3.94. The van der Waals surface area contributed by atoms with Gasteiger partial charge in [0.2, 0.25) is 0 Å². The molecule has 0 aliphatic carbocycles. The molecule has 0 atom stereocenters. The van der Waals surface area contributed by atoms with Gasteiger partial charge < -0.3 is 11.1 Å². The predicted molar refractivity (Wildman–Crippen MR) is 48.7 cm³/mol. The van der Waals surface area contributed by atoms with E-state index in [2.05, 4.69) is 19.2 Å². The predicted octanol–water partition coefficient (Wildman–Crippen LogP) is 1.35. The Hall–Kier alpha value is -0.700. The standard InChI is InChI=1S/C7H12N2S/c1-5(2)6(3-8)7(9)4-10/h3,9-10H,1,4,8H2,2H3/b6-3-,9-7?. The topological polar surface area (TPSA) is 49.9 Å². The van der Waals surface area contributed by atoms with Crippen molar-refractivity contribution in [2.75, 3.05) is 5.75 Å². The van der Waals surface area contributed by atoms with Crippen molar-refractivity contribution in [2.45, 2.75) is 6.92 Å². The van der Waals surface area contributed by atoms with Gasteiger partial charge in [-0.05, 0) is 12.5 Å². The molecule has 10 heavy (non-hydrogen) atoms. The Kier molecular flexibility index (Phi) is 3.88. The van der Waals surface area contributed by atoms with Crippen LogP contribution >= 0.6 is 12.6 Å². The fraction of sp³-hybridized carbons (Fsp3) is 0.286. The van der Waals surface area contributed by atoms with Crippen LogP contribution in [0.3, 0.4) is 0 Å². The maximum Gasteiger partial charge on any atom is 0.0499 e. The van der Waals surface area contributed by atoms with Gasteiger partial charge in [-0.25, -0.2) is 0 Å². The average Bonchev–Trinajstić information content (AvgIpc) is 1.88. The Labute approximate surface area is 66.7 Å². The molecule has 0 fully saturated rings. The number of thiol groups is 1. The van der Waals surface area contributed by atoms with Gasteiger partial charge in [-0.2, -0.15) is 12.6 Å². The van der Waals surface area contributed by atoms with Crippen molar-refractivity contribution in [2.24, 2.45) is 5.73 Å². The zero-order chi connectivity index (χ0) is 8.15. The molecule has 0 amide bonds. The molecular weight excluding hydrogens is 144 g/mol. The molecule has 0 bridgehead atoms. The number of allylic oxidation sites excluding steroid dienone is 2. The van der Waals surface area contributed by atoms with Crippen LogP contribution in [0.15, 0.2) is 23.9 Å². The van der Waals surface area contributed by atoms with Crippen LogP contribution in [-0.2, 0) is 0 Å². The molecule has 0 aliphatic rings. The number of nitrogens with one attached hydrogen (secondary N) is 1. The number of hydrogen-bond donors (Lipinski definition) is 3. The van der Waals surface area contributed by atoms with Crippen LogP contribution in [0.1, 0.15) is 6.92 Å². The minimum absolute atomic E-state index is 0.399. The van der Waals surface area contributed by atoms with Crippen LogP contribution < -0.4 is 5.73 Å². The first-order chi connectivity index (χ1) is 4.63. The van der Waals surface area contributed by atoms with E-state index in [1.54, 1.807) is 0 Å². The molecule has 0 aliphatic heterocycles. The van der Waals surface area contributed by atoms with Crippen molar-refractivity contribution in [3.05, 3.63) is 23.9 Å². The minimum Gasteiger partial charge on any atom is -0.404 e. The summed E-state index contributed by atoms with van der Waals surface area (Å²) in [6.45, 7) is 5.49. The van der Waals surface area contributed by atoms with E-state index in [1.165, 1.54) is 6.20 Å². The normalized spacial score (nSPS) is 11.2. The summed E-state index contributed by atoms with van der Waals surface area (Å²) in [5.41, 5.74) is 7.16. The molecule has 56 valence electrons. The molecule has 0 spiro atoms. The van der Waals surface area contributed by atoms with E-state index >= 15 is 0 Å². The van der Waals surface area contributed by atoms with E-state index in [0.717, 1.165) is 5.57 Å². The molecular formula is C7H12N2S. The van der Waals surface area contributed by atoms with Crippen molar-refractivity contribution >= 4 is 18.3 Å². The highest BCUT2D eigenvalue weighted by molar-refractivity contribution is 7.81. The van der Waals surface area contributed by atoms with Crippen molar-refractivity contribution in [1.82, 2.24) is 0 Å². The number of rotatable bonds is 3. The molecule has 3 heteroatoms. The lowest BCUT2D eigenvalue weighted by atomic mass is 10.1. The van der Waals surface area contributed by atoms with Crippen molar-refractivity contribution in [1.29, 1.82) is 5.41 Å². The van der Waals surface area contributed by atoms with Gasteiger partial charge in [0, 0.05) is 23.2 Å². The molecule has 0 saturated carbocycles. The molecule has 0 aromatic carbocycles. The van der Waals surface area contributed by atoms with E-state index in [4.69, 9.17) is 11.1 Å². The SMILES string of the molecule is C=C(C)/C(=C/N)C(=N)CS. The Morgan fingerprint density at radius 1 is 1.80 bits per heavy atom. The van der Waals surface area contributed by atoms with Gasteiger partial charge >= 0.3 is 0 Å². The molecule has 0 aromatic heterocycles. The molecule has 0 radical (unpaired) electrons. The third kappa shape index (κ3) is 2.27. The Morgan fingerprint density at radius 2 is 2.30 bits per heavy atom. The van der Waals surface area contributed by atoms with Crippen molar-refractivity contribution in [3.8, 4) is 0 Å². The van der Waals surface area contributed by atoms with Gasteiger partial charge in [0.15, 0.2) is 0 Å². The number of nitrogens with two attached hydrogens (primary N) is 1. The lowest BCUT2D eigenvalue weighted by molar-refractivity contribution is 1.38. The van der Waals surface area contributed by atoms with Crippen LogP contribution in [-0.4, -0.2) is 11.5 Å². The largest absolute Gasteiger partial charge is 0.404 e. The highest BCUT2D eigenvalue weighted by Crippen LogP contribution is 2.06. The quantitative estimate of drug-likeness (QED) is 0.322. The highest BCUT2D eigenvalue weighted by atomic mass is 32.1. The fourth-order valence-electron chi connectivity index (χ4n) is 0.586. The fourth-order valence-corrected chi connectivity index (χ4v) is 0.756. The second-order valence-electron chi connectivity index (χ2n) is 2.00. The minimum atomic E-state index is 0.399. The van der Waals surface area contributed by atoms with E-state index in [-0.39, 0.29) is 0 Å². The first-order valence-electron chi connectivity index (χ1n) is 2.90. The second-order valence-corrected chi connectivity index (χ2v) is 2.31. The van der Waals surface area contributed by atoms with E-state index in [0.29, 0.717) is 17.0 Å². The summed E-state index contributed by atoms with van der Waals surface area (Å²) in [6, 6.07) is 0. The smallest absolute Gasteiger partial charge is 0.0499 e. The summed E-state index contributed by atoms with van der Waals surface area (Å²) in [7, 11) is 0. The van der Waals surface area contributed by atoms with E-state index in [1.807, 2.05) is 6.92 Å². The Bertz CT molecular complexity index is 182. The molecule has 0 aromatic rings. The van der Waals surface area contributed by atoms with Crippen LogP contribution in [0.2, 0.25) is 0 Å². The molecule has 2 nitrogen and oxygen atoms in total. The lowest BCUT2D eigenvalue weighted by Gasteiger charge is -2.03. The van der Waals surface area contributed by atoms with Gasteiger partial charge in [0.25, 0.3) is 0 Å². The average molecular weight is 156 g/mol. The van der Waals surface area contributed by atoms with E-state index < -0.39 is 0 Å². The molecule has 0 saturated heterocycles. The number of hydrogen-bond acceptors (Lipinski definition) is 3. The van der Waals surface area contributed by atoms with Gasteiger partial charge in [0.1, 0.15) is 0 Å². The van der Waals surface area contributed by atoms with Crippen LogP contribution in [0.4, 0.5) is 0 Å². The first-order valence-corrected chi connectivity index (χ1v) is 3.53. The maximum atomic E-state index is 7.34. The summed E-state index contributed by atoms with van der Waals surface area (Å²) < 4.78 is 0. The summed E-state index contributed by atoms with van der Waals surface area (Å²) in [6.07, 6.45) is 1.39. The van der Waals surface area contributed by atoms with Gasteiger partial charge in [-0.15, -0.1) is 0 Å². The molecule has 0 rings (SSSR count). The lowest BCUT2D eigenvalue weighted by Crippen LogP contribution is -2.05. The summed E-state index contributed by atoms with van der Waals surface area (Å²) in [5, 5.41) is 7.34. The third-order valence-electron chi connectivity index (χ3n) is 1.11. The summed E-state index contributed by atoms with van der Waals surface area (Å²) in [5.74, 6) is 0.399. The maximum absolute atomic E-state index is 7.34. The zero-order valence-electron chi connectivity index (χ0n) is 6.02. The van der Waals surface area contributed by atoms with Gasteiger partial charge in [0.05, 0.1) is 0 Å². The molecule has 0 heterocycles. The Morgan fingerprint density at radius 3 is 2.40 bits per heavy atom. The van der Waals surface area contributed by atoms with Crippen molar-refractivity contribution in [3.63, 3.8) is 0 Å². The third-order valence-corrected chi connectivity index (χ3v) is 1.43. The second kappa shape index (κ2) is 4.17. The van der Waals surface area contributed by atoms with Crippen LogP contribution in [0.25, 0.3) is 0 Å². The first kappa shape index (κ1) is 9.30. The van der Waals surface area contributed by atoms with Crippen LogP contribution in [0, 0.1) is 5.41 Å². The molecule has 0 unspecified atom stereocenters. The van der Waals surface area contributed by atoms with Crippen LogP contribution in [0.5, 0.6) is 0 Å². The zero-order valence-corrected chi connectivity index (χ0v) is 6.91. The highest BCUT2D eigenvalue weighted by Gasteiger charge is 2.01. The summed E-state index contributed by atoms with van der Waals surface area (Å²) in [4.78, 5) is 0. The Balaban J connectivity index is 4.39. The van der Waals surface area contributed by atoms with Crippen molar-refractivity contribution < 1.29 is 0 Å². The van der Waals surface area contributed by atoms with Gasteiger partial charge in [-0.3, -0.25) is 0 Å². The van der Waals surface area contributed by atoms with E-state index in [9.17, 15) is 0 Å². The van der Waals surface area contributed by atoms with Gasteiger partial charge in [-0.1, -0.05) is 6.58 Å². The molecule has 3 N–H and O–H groups in total. The monoisotopic (exact) mass is 156 g/mol.